The molecule has 0 aliphatic rings. The molecule has 4 heteroatoms. The van der Waals surface area contributed by atoms with Crippen LogP contribution in [0.3, 0.4) is 0 Å². The van der Waals surface area contributed by atoms with Gasteiger partial charge >= 0.3 is 0 Å². The minimum atomic E-state index is -1.60. The van der Waals surface area contributed by atoms with Crippen molar-refractivity contribution in [2.45, 2.75) is 0 Å². The summed E-state index contributed by atoms with van der Waals surface area (Å²) in [5.74, 6) is 0. The van der Waals surface area contributed by atoms with Crippen LogP contribution >= 0.6 is 7.80 Å². The molecule has 1 nitrogen and oxygen atoms in total. The van der Waals surface area contributed by atoms with Crippen molar-refractivity contribution < 1.29 is 58.3 Å². The van der Waals surface area contributed by atoms with E-state index in [-0.39, 0.29) is 53.8 Å². The van der Waals surface area contributed by atoms with Gasteiger partial charge in [0, 0.05) is 53.8 Å². The van der Waals surface area contributed by atoms with E-state index in [9.17, 15) is 4.57 Å². The van der Waals surface area contributed by atoms with E-state index >= 15 is 0 Å². The zero-order valence-electron chi connectivity index (χ0n) is 3.97. The molecule has 0 aromatic carbocycles. The SMILES string of the molecule is C#C[PH](C)=O.[W].[Y]. The Bertz CT molecular complexity index is 87.4. The van der Waals surface area contributed by atoms with Gasteiger partial charge in [-0.3, -0.25) is 0 Å². The van der Waals surface area contributed by atoms with Gasteiger partial charge in [-0.05, 0) is 12.3 Å². The summed E-state index contributed by atoms with van der Waals surface area (Å²) < 4.78 is 9.76. The zero-order valence-corrected chi connectivity index (χ0v) is 10.7. The van der Waals surface area contributed by atoms with Gasteiger partial charge in [-0.25, -0.2) is 0 Å². The summed E-state index contributed by atoms with van der Waals surface area (Å²) in [7, 11) is -1.60. The molecule has 1 unspecified atom stereocenters. The minimum absolute atomic E-state index is 0. The largest absolute Gasteiger partial charge is 0.314 e. The van der Waals surface area contributed by atoms with E-state index in [4.69, 9.17) is 0 Å². The van der Waals surface area contributed by atoms with Crippen LogP contribution in [0.4, 0.5) is 0 Å². The van der Waals surface area contributed by atoms with Crippen LogP contribution in [0, 0.1) is 12.1 Å². The van der Waals surface area contributed by atoms with Crippen LogP contribution < -0.4 is 0 Å². The number of hydrogen-bond donors (Lipinski definition) is 0. The Morgan fingerprint density at radius 3 is 1.86 bits per heavy atom. The molecular formula is C3H5OPWY. The number of rotatable bonds is 0. The van der Waals surface area contributed by atoms with E-state index in [0.29, 0.717) is 0 Å². The van der Waals surface area contributed by atoms with Crippen molar-refractivity contribution in [2.24, 2.45) is 0 Å². The molecule has 0 aliphatic heterocycles. The molecule has 0 spiro atoms. The predicted molar refractivity (Wildman–Crippen MR) is 23.8 cm³/mol. The average molecular weight is 361 g/mol. The second kappa shape index (κ2) is 10.5. The molecule has 0 rings (SSSR count). The van der Waals surface area contributed by atoms with E-state index in [2.05, 4.69) is 12.1 Å². The monoisotopic (exact) mass is 361 g/mol. The van der Waals surface area contributed by atoms with Gasteiger partial charge in [0.1, 0.15) is 7.80 Å². The van der Waals surface area contributed by atoms with Crippen molar-refractivity contribution in [3.63, 3.8) is 0 Å². The smallest absolute Gasteiger partial charge is 0.140 e. The molecule has 37 valence electrons. The Morgan fingerprint density at radius 2 is 1.86 bits per heavy atom. The summed E-state index contributed by atoms with van der Waals surface area (Å²) >= 11 is 0. The maximum atomic E-state index is 9.76. The van der Waals surface area contributed by atoms with Crippen LogP contribution in [0.2, 0.25) is 0 Å². The van der Waals surface area contributed by atoms with Crippen LogP contribution in [0.5, 0.6) is 0 Å². The van der Waals surface area contributed by atoms with E-state index in [1.807, 2.05) is 0 Å². The Morgan fingerprint density at radius 1 is 1.71 bits per heavy atom. The molecule has 0 aromatic rings. The van der Waals surface area contributed by atoms with E-state index in [1.54, 1.807) is 0 Å². The standard InChI is InChI=1S/C3H5OP.W.Y/c1-3-5(2)4;;/h1,5H,2H3;;. The van der Waals surface area contributed by atoms with E-state index in [0.717, 1.165) is 0 Å². The van der Waals surface area contributed by atoms with Crippen LogP contribution in [0.25, 0.3) is 0 Å². The predicted octanol–water partition coefficient (Wildman–Crippen LogP) is 0.762. The summed E-state index contributed by atoms with van der Waals surface area (Å²) in [4.78, 5) is 0. The molecule has 0 fully saturated rings. The fourth-order valence-electron chi connectivity index (χ4n) is 0. The third kappa shape index (κ3) is 18.4. The van der Waals surface area contributed by atoms with Crippen molar-refractivity contribution in [3.8, 4) is 12.1 Å². The first-order valence-electron chi connectivity index (χ1n) is 1.24. The molecular weight excluding hydrogens is 356 g/mol. The minimum Gasteiger partial charge on any atom is -0.314 e. The molecule has 0 aliphatic carbocycles. The molecule has 0 heterocycles. The Labute approximate surface area is 83.9 Å². The molecule has 0 N–H and O–H groups in total. The fraction of sp³-hybridized carbons (Fsp3) is 0.333. The second-order valence-electron chi connectivity index (χ2n) is 0.701. The van der Waals surface area contributed by atoms with Gasteiger partial charge in [0.05, 0.1) is 0 Å². The van der Waals surface area contributed by atoms with Gasteiger partial charge in [-0.1, -0.05) is 0 Å². The van der Waals surface area contributed by atoms with E-state index < -0.39 is 7.80 Å². The summed E-state index contributed by atoms with van der Waals surface area (Å²) in [6, 6.07) is 0. The molecule has 0 bridgehead atoms. The number of terminal acetylenes is 1. The average Bonchev–Trinajstić information content (AvgIpc) is 1.38. The Kier molecular flexibility index (Phi) is 23.8. The summed E-state index contributed by atoms with van der Waals surface area (Å²) in [5.41, 5.74) is 2.07. The molecule has 0 aromatic heterocycles. The van der Waals surface area contributed by atoms with Gasteiger partial charge in [0.25, 0.3) is 0 Å². The molecule has 1 atom stereocenters. The van der Waals surface area contributed by atoms with E-state index in [1.165, 1.54) is 6.66 Å². The van der Waals surface area contributed by atoms with Crippen molar-refractivity contribution in [1.29, 1.82) is 0 Å². The van der Waals surface area contributed by atoms with Crippen molar-refractivity contribution in [3.05, 3.63) is 0 Å². The first-order valence-corrected chi connectivity index (χ1v) is 3.15. The van der Waals surface area contributed by atoms with Crippen molar-refractivity contribution in [2.75, 3.05) is 6.66 Å². The van der Waals surface area contributed by atoms with Crippen LogP contribution in [0.15, 0.2) is 0 Å². The second-order valence-corrected chi connectivity index (χ2v) is 2.10. The third-order valence-corrected chi connectivity index (χ3v) is 0.610. The maximum Gasteiger partial charge on any atom is 0.140 e. The molecule has 0 saturated heterocycles. The third-order valence-electron chi connectivity index (χ3n) is 0.203. The summed E-state index contributed by atoms with van der Waals surface area (Å²) in [5, 5.41) is 0. The maximum absolute atomic E-state index is 9.76. The van der Waals surface area contributed by atoms with Gasteiger partial charge in [0.15, 0.2) is 0 Å². The number of hydrogen-bond acceptors (Lipinski definition) is 1. The van der Waals surface area contributed by atoms with Gasteiger partial charge in [-0.2, -0.15) is 0 Å². The molecule has 1 radical (unpaired) electrons. The molecule has 0 amide bonds. The molecule has 7 heavy (non-hydrogen) atoms. The van der Waals surface area contributed by atoms with Crippen molar-refractivity contribution >= 4 is 7.80 Å². The normalized spacial score (nSPS) is 9.14. The van der Waals surface area contributed by atoms with Crippen LogP contribution in [-0.2, 0) is 58.3 Å². The summed E-state index contributed by atoms with van der Waals surface area (Å²) in [6.07, 6.45) is 4.65. The zero-order chi connectivity index (χ0) is 4.28. The van der Waals surface area contributed by atoms with Gasteiger partial charge < -0.3 is 4.57 Å². The van der Waals surface area contributed by atoms with Crippen LogP contribution in [0.1, 0.15) is 0 Å². The Hall–Kier alpha value is 1.58. The first kappa shape index (κ1) is 15.8. The van der Waals surface area contributed by atoms with Gasteiger partial charge in [0.2, 0.25) is 0 Å². The quantitative estimate of drug-likeness (QED) is 0.460. The Balaban J connectivity index is -0.0000000800. The topological polar surface area (TPSA) is 17.1 Å². The molecule has 0 saturated carbocycles. The van der Waals surface area contributed by atoms with Crippen molar-refractivity contribution in [1.82, 2.24) is 0 Å². The summed E-state index contributed by atoms with van der Waals surface area (Å²) in [6.45, 7) is 1.53. The van der Waals surface area contributed by atoms with Crippen LogP contribution in [-0.4, -0.2) is 6.66 Å². The van der Waals surface area contributed by atoms with Gasteiger partial charge in [-0.15, -0.1) is 6.42 Å². The first-order chi connectivity index (χ1) is 2.27. The fourth-order valence-corrected chi connectivity index (χ4v) is 0.